The number of rotatable bonds is 8. The quantitative estimate of drug-likeness (QED) is 0.806. The van der Waals surface area contributed by atoms with Crippen LogP contribution in [-0.4, -0.2) is 35.2 Å². The molecule has 0 bridgehead atoms. The second kappa shape index (κ2) is 6.76. The number of hydrogen-bond donors (Lipinski definition) is 1. The molecule has 0 radical (unpaired) electrons. The molecule has 0 saturated heterocycles. The number of sulfonamides is 1. The SMILES string of the molecule is CCCCN(CCCC)S(=O)(=O)c1c(N)nc2sccn12. The summed E-state index contributed by atoms with van der Waals surface area (Å²) >= 11 is 1.37. The van der Waals surface area contributed by atoms with Crippen LogP contribution < -0.4 is 5.73 Å². The lowest BCUT2D eigenvalue weighted by Gasteiger charge is -2.21. The van der Waals surface area contributed by atoms with Crippen molar-refractivity contribution in [3.8, 4) is 0 Å². The molecule has 0 fully saturated rings. The van der Waals surface area contributed by atoms with Crippen molar-refractivity contribution in [1.82, 2.24) is 13.7 Å². The maximum absolute atomic E-state index is 12.9. The molecule has 118 valence electrons. The van der Waals surface area contributed by atoms with Gasteiger partial charge in [0, 0.05) is 24.7 Å². The molecule has 2 rings (SSSR count). The molecule has 0 unspecified atom stereocenters. The van der Waals surface area contributed by atoms with Gasteiger partial charge in [-0.3, -0.25) is 4.40 Å². The third-order valence-electron chi connectivity index (χ3n) is 3.35. The van der Waals surface area contributed by atoms with E-state index in [4.69, 9.17) is 5.73 Å². The monoisotopic (exact) mass is 330 g/mol. The van der Waals surface area contributed by atoms with Crippen LogP contribution in [0.2, 0.25) is 0 Å². The van der Waals surface area contributed by atoms with E-state index in [0.717, 1.165) is 25.7 Å². The first-order valence-electron chi connectivity index (χ1n) is 7.23. The lowest BCUT2D eigenvalue weighted by atomic mass is 10.3. The summed E-state index contributed by atoms with van der Waals surface area (Å²) in [7, 11) is -3.61. The van der Waals surface area contributed by atoms with Gasteiger partial charge in [-0.2, -0.15) is 4.31 Å². The molecule has 8 heteroatoms. The van der Waals surface area contributed by atoms with E-state index >= 15 is 0 Å². The van der Waals surface area contributed by atoms with Crippen LogP contribution >= 0.6 is 11.3 Å². The first-order chi connectivity index (χ1) is 10.0. The van der Waals surface area contributed by atoms with E-state index in [-0.39, 0.29) is 10.8 Å². The van der Waals surface area contributed by atoms with Gasteiger partial charge >= 0.3 is 0 Å². The molecule has 21 heavy (non-hydrogen) atoms. The molecule has 2 N–H and O–H groups in total. The molecule has 6 nitrogen and oxygen atoms in total. The van der Waals surface area contributed by atoms with Gasteiger partial charge in [-0.15, -0.1) is 11.3 Å². The summed E-state index contributed by atoms with van der Waals surface area (Å²) < 4.78 is 29.0. The smallest absolute Gasteiger partial charge is 0.262 e. The minimum absolute atomic E-state index is 0.0832. The van der Waals surface area contributed by atoms with Crippen molar-refractivity contribution in [1.29, 1.82) is 0 Å². The van der Waals surface area contributed by atoms with Crippen LogP contribution in [0.25, 0.3) is 4.96 Å². The van der Waals surface area contributed by atoms with E-state index in [1.54, 1.807) is 10.6 Å². The van der Waals surface area contributed by atoms with Crippen molar-refractivity contribution in [2.45, 2.75) is 44.6 Å². The van der Waals surface area contributed by atoms with Crippen molar-refractivity contribution < 1.29 is 8.42 Å². The Morgan fingerprint density at radius 2 is 1.90 bits per heavy atom. The fourth-order valence-corrected chi connectivity index (χ4v) is 4.65. The van der Waals surface area contributed by atoms with Crippen LogP contribution in [0, 0.1) is 0 Å². The largest absolute Gasteiger partial charge is 0.381 e. The molecule has 0 aliphatic rings. The molecule has 2 aromatic rings. The van der Waals surface area contributed by atoms with Gasteiger partial charge in [0.15, 0.2) is 15.8 Å². The van der Waals surface area contributed by atoms with Crippen molar-refractivity contribution in [2.24, 2.45) is 0 Å². The molecule has 0 saturated carbocycles. The molecule has 0 atom stereocenters. The summed E-state index contributed by atoms with van der Waals surface area (Å²) in [5, 5.41) is 1.91. The number of nitrogens with zero attached hydrogens (tertiary/aromatic N) is 3. The zero-order valence-electron chi connectivity index (χ0n) is 12.4. The topological polar surface area (TPSA) is 80.7 Å². The average molecular weight is 330 g/mol. The van der Waals surface area contributed by atoms with Gasteiger partial charge < -0.3 is 5.73 Å². The van der Waals surface area contributed by atoms with Gasteiger partial charge in [0.1, 0.15) is 0 Å². The zero-order chi connectivity index (χ0) is 15.5. The Morgan fingerprint density at radius 1 is 1.29 bits per heavy atom. The summed E-state index contributed by atoms with van der Waals surface area (Å²) in [5.41, 5.74) is 5.85. The second-order valence-electron chi connectivity index (χ2n) is 4.97. The second-order valence-corrected chi connectivity index (χ2v) is 7.70. The molecule has 0 amide bonds. The van der Waals surface area contributed by atoms with Crippen molar-refractivity contribution in [2.75, 3.05) is 18.8 Å². The summed E-state index contributed by atoms with van der Waals surface area (Å²) in [6, 6.07) is 0. The Kier molecular flexibility index (Phi) is 5.23. The van der Waals surface area contributed by atoms with E-state index in [2.05, 4.69) is 18.8 Å². The van der Waals surface area contributed by atoms with Crippen molar-refractivity contribution in [3.63, 3.8) is 0 Å². The van der Waals surface area contributed by atoms with Crippen LogP contribution in [0.3, 0.4) is 0 Å². The molecule has 2 heterocycles. The van der Waals surface area contributed by atoms with Crippen LogP contribution in [0.1, 0.15) is 39.5 Å². The molecule has 2 aromatic heterocycles. The number of aromatic nitrogens is 2. The lowest BCUT2D eigenvalue weighted by Crippen LogP contribution is -2.34. The third-order valence-corrected chi connectivity index (χ3v) is 6.05. The maximum Gasteiger partial charge on any atom is 0.262 e. The predicted octanol–water partition coefficient (Wildman–Crippen LogP) is 2.57. The number of fused-ring (bicyclic) bond motifs is 1. The molecule has 0 aromatic carbocycles. The highest BCUT2D eigenvalue weighted by atomic mass is 32.2. The fourth-order valence-electron chi connectivity index (χ4n) is 2.18. The first kappa shape index (κ1) is 16.3. The van der Waals surface area contributed by atoms with Gasteiger partial charge in [-0.25, -0.2) is 13.4 Å². The van der Waals surface area contributed by atoms with Gasteiger partial charge in [0.25, 0.3) is 10.0 Å². The highest BCUT2D eigenvalue weighted by molar-refractivity contribution is 7.89. The van der Waals surface area contributed by atoms with E-state index in [0.29, 0.717) is 18.1 Å². The fraction of sp³-hybridized carbons (Fsp3) is 0.615. The van der Waals surface area contributed by atoms with E-state index in [9.17, 15) is 8.42 Å². The number of nitrogen functional groups attached to an aromatic ring is 1. The first-order valence-corrected chi connectivity index (χ1v) is 9.55. The van der Waals surface area contributed by atoms with Gasteiger partial charge in [0.2, 0.25) is 0 Å². The van der Waals surface area contributed by atoms with Gasteiger partial charge in [0.05, 0.1) is 0 Å². The van der Waals surface area contributed by atoms with Crippen molar-refractivity contribution >= 4 is 32.1 Å². The Morgan fingerprint density at radius 3 is 2.48 bits per heavy atom. The van der Waals surface area contributed by atoms with Gasteiger partial charge in [-0.1, -0.05) is 26.7 Å². The Labute approximate surface area is 129 Å². The summed E-state index contributed by atoms with van der Waals surface area (Å²) in [6.07, 6.45) is 5.29. The van der Waals surface area contributed by atoms with E-state index in [1.807, 2.05) is 5.38 Å². The normalized spacial score (nSPS) is 12.5. The highest BCUT2D eigenvalue weighted by Gasteiger charge is 2.30. The molecule has 0 aliphatic heterocycles. The number of imidazole rings is 1. The Bertz CT molecular complexity index is 682. The zero-order valence-corrected chi connectivity index (χ0v) is 14.1. The van der Waals surface area contributed by atoms with E-state index < -0.39 is 10.0 Å². The molecule has 0 aliphatic carbocycles. The average Bonchev–Trinajstić information content (AvgIpc) is 2.97. The standard InChI is InChI=1S/C13H22N4O2S2/c1-3-5-7-16(8-6-4-2)21(18,19)12-11(14)15-13-17(12)9-10-20-13/h9-10H,3-8,14H2,1-2H3. The van der Waals surface area contributed by atoms with Crippen molar-refractivity contribution in [3.05, 3.63) is 11.6 Å². The Balaban J connectivity index is 2.41. The summed E-state index contributed by atoms with van der Waals surface area (Å²) in [4.78, 5) is 4.74. The summed E-state index contributed by atoms with van der Waals surface area (Å²) in [6.45, 7) is 5.15. The minimum atomic E-state index is -3.61. The maximum atomic E-state index is 12.9. The van der Waals surface area contributed by atoms with Crippen LogP contribution in [0.4, 0.5) is 5.82 Å². The van der Waals surface area contributed by atoms with Gasteiger partial charge in [-0.05, 0) is 12.8 Å². The molecular formula is C13H22N4O2S2. The number of hydrogen-bond acceptors (Lipinski definition) is 5. The minimum Gasteiger partial charge on any atom is -0.381 e. The number of thiazole rings is 1. The summed E-state index contributed by atoms with van der Waals surface area (Å²) in [5.74, 6) is 0.0832. The van der Waals surface area contributed by atoms with Crippen LogP contribution in [-0.2, 0) is 10.0 Å². The Hall–Kier alpha value is -1.12. The molecule has 0 spiro atoms. The number of nitrogens with two attached hydrogens (primary N) is 1. The highest BCUT2D eigenvalue weighted by Crippen LogP contribution is 2.26. The van der Waals surface area contributed by atoms with Crippen LogP contribution in [0.15, 0.2) is 16.6 Å². The van der Waals surface area contributed by atoms with Crippen LogP contribution in [0.5, 0.6) is 0 Å². The van der Waals surface area contributed by atoms with E-state index in [1.165, 1.54) is 15.6 Å². The lowest BCUT2D eigenvalue weighted by molar-refractivity contribution is 0.393. The predicted molar refractivity (Wildman–Crippen MR) is 86.1 cm³/mol. The number of anilines is 1. The molecular weight excluding hydrogens is 308 g/mol. The third kappa shape index (κ3) is 3.22. The number of unbranched alkanes of at least 4 members (excludes halogenated alkanes) is 2.